The maximum absolute atomic E-state index is 8.76. The van der Waals surface area contributed by atoms with Crippen LogP contribution in [0.4, 0.5) is 5.69 Å². The summed E-state index contributed by atoms with van der Waals surface area (Å²) in [6.07, 6.45) is 0. The van der Waals surface area contributed by atoms with Crippen LogP contribution in [0.5, 0.6) is 0 Å². The standard InChI is InChI=1S/C10H6ClN3S/c11-8-4-7(10-1-2-15-14-10)9(13)3-6(8)5-12/h1-4H,13H2. The smallest absolute Gasteiger partial charge is 0.101 e. The molecule has 0 unspecified atom stereocenters. The van der Waals surface area contributed by atoms with Crippen LogP contribution in [-0.2, 0) is 0 Å². The molecule has 0 bridgehead atoms. The molecule has 3 nitrogen and oxygen atoms in total. The molecule has 1 aromatic heterocycles. The van der Waals surface area contributed by atoms with Crippen molar-refractivity contribution in [2.24, 2.45) is 0 Å². The number of aromatic nitrogens is 1. The zero-order valence-corrected chi connectivity index (χ0v) is 9.14. The van der Waals surface area contributed by atoms with Gasteiger partial charge in [-0.15, -0.1) is 0 Å². The first-order valence-corrected chi connectivity index (χ1v) is 5.33. The van der Waals surface area contributed by atoms with E-state index in [1.807, 2.05) is 17.5 Å². The largest absolute Gasteiger partial charge is 0.398 e. The van der Waals surface area contributed by atoms with Gasteiger partial charge in [0.05, 0.1) is 16.3 Å². The molecule has 0 aliphatic carbocycles. The van der Waals surface area contributed by atoms with Crippen LogP contribution in [0.15, 0.2) is 23.6 Å². The third-order valence-corrected chi connectivity index (χ3v) is 2.85. The van der Waals surface area contributed by atoms with Gasteiger partial charge in [0.1, 0.15) is 6.07 Å². The van der Waals surface area contributed by atoms with Crippen molar-refractivity contribution in [2.45, 2.75) is 0 Å². The highest BCUT2D eigenvalue weighted by molar-refractivity contribution is 7.03. The average molecular weight is 236 g/mol. The molecule has 0 radical (unpaired) electrons. The summed E-state index contributed by atoms with van der Waals surface area (Å²) >= 11 is 7.26. The third kappa shape index (κ3) is 1.80. The van der Waals surface area contributed by atoms with Crippen molar-refractivity contribution in [3.63, 3.8) is 0 Å². The van der Waals surface area contributed by atoms with Crippen LogP contribution in [0.25, 0.3) is 11.3 Å². The second-order valence-corrected chi connectivity index (χ2v) is 3.99. The van der Waals surface area contributed by atoms with Gasteiger partial charge < -0.3 is 5.73 Å². The Morgan fingerprint density at radius 3 is 2.87 bits per heavy atom. The zero-order chi connectivity index (χ0) is 10.8. The van der Waals surface area contributed by atoms with Gasteiger partial charge in [-0.05, 0) is 29.7 Å². The van der Waals surface area contributed by atoms with Gasteiger partial charge in [-0.1, -0.05) is 11.6 Å². The molecule has 1 heterocycles. The van der Waals surface area contributed by atoms with E-state index < -0.39 is 0 Å². The molecular weight excluding hydrogens is 230 g/mol. The molecule has 0 atom stereocenters. The fourth-order valence-corrected chi connectivity index (χ4v) is 1.98. The molecule has 0 spiro atoms. The highest BCUT2D eigenvalue weighted by atomic mass is 35.5. The Balaban J connectivity index is 2.61. The van der Waals surface area contributed by atoms with Gasteiger partial charge in [0.25, 0.3) is 0 Å². The van der Waals surface area contributed by atoms with Crippen LogP contribution >= 0.6 is 23.1 Å². The molecule has 2 rings (SSSR count). The van der Waals surface area contributed by atoms with E-state index in [9.17, 15) is 0 Å². The number of anilines is 1. The molecule has 0 fully saturated rings. The van der Waals surface area contributed by atoms with Gasteiger partial charge in [-0.2, -0.15) is 9.64 Å². The van der Waals surface area contributed by atoms with Crippen LogP contribution in [0.3, 0.4) is 0 Å². The molecule has 0 saturated heterocycles. The number of hydrogen-bond donors (Lipinski definition) is 1. The summed E-state index contributed by atoms with van der Waals surface area (Å²) in [6.45, 7) is 0. The quantitative estimate of drug-likeness (QED) is 0.773. The number of nitrogens with zero attached hydrogens (tertiary/aromatic N) is 2. The topological polar surface area (TPSA) is 62.7 Å². The van der Waals surface area contributed by atoms with E-state index in [1.165, 1.54) is 11.5 Å². The minimum atomic E-state index is 0.383. The lowest BCUT2D eigenvalue weighted by Gasteiger charge is -2.04. The Bertz CT molecular complexity index is 528. The number of halogens is 1. The first-order chi connectivity index (χ1) is 7.22. The van der Waals surface area contributed by atoms with E-state index in [1.54, 1.807) is 12.1 Å². The number of rotatable bonds is 1. The minimum Gasteiger partial charge on any atom is -0.398 e. The summed E-state index contributed by atoms with van der Waals surface area (Å²) < 4.78 is 4.16. The van der Waals surface area contributed by atoms with Crippen molar-refractivity contribution >= 4 is 28.8 Å². The number of nitrogens with two attached hydrogens (primary N) is 1. The lowest BCUT2D eigenvalue weighted by Crippen LogP contribution is -1.92. The van der Waals surface area contributed by atoms with Gasteiger partial charge in [0.2, 0.25) is 0 Å². The van der Waals surface area contributed by atoms with E-state index in [-0.39, 0.29) is 0 Å². The Labute approximate surface area is 95.9 Å². The first-order valence-electron chi connectivity index (χ1n) is 4.12. The highest BCUT2D eigenvalue weighted by Gasteiger charge is 2.09. The lowest BCUT2D eigenvalue weighted by atomic mass is 10.1. The summed E-state index contributed by atoms with van der Waals surface area (Å²) in [6, 6.07) is 7.08. The third-order valence-electron chi connectivity index (χ3n) is 1.97. The van der Waals surface area contributed by atoms with Crippen molar-refractivity contribution in [3.05, 3.63) is 34.2 Å². The van der Waals surface area contributed by atoms with Gasteiger partial charge in [0, 0.05) is 16.6 Å². The van der Waals surface area contributed by atoms with Gasteiger partial charge in [-0.25, -0.2) is 0 Å². The Morgan fingerprint density at radius 2 is 2.27 bits per heavy atom. The van der Waals surface area contributed by atoms with Gasteiger partial charge >= 0.3 is 0 Å². The lowest BCUT2D eigenvalue weighted by molar-refractivity contribution is 1.47. The van der Waals surface area contributed by atoms with Crippen LogP contribution in [0, 0.1) is 11.3 Å². The normalized spacial score (nSPS) is 9.87. The summed E-state index contributed by atoms with van der Waals surface area (Å²) in [5.41, 5.74) is 8.26. The maximum atomic E-state index is 8.76. The maximum Gasteiger partial charge on any atom is 0.101 e. The fraction of sp³-hybridized carbons (Fsp3) is 0. The van der Waals surface area contributed by atoms with Crippen molar-refractivity contribution < 1.29 is 0 Å². The van der Waals surface area contributed by atoms with Crippen molar-refractivity contribution in [2.75, 3.05) is 5.73 Å². The van der Waals surface area contributed by atoms with Crippen molar-refractivity contribution in [1.82, 2.24) is 4.37 Å². The molecule has 1 aromatic carbocycles. The van der Waals surface area contributed by atoms with Crippen molar-refractivity contribution in [3.8, 4) is 17.3 Å². The highest BCUT2D eigenvalue weighted by Crippen LogP contribution is 2.30. The molecule has 2 aromatic rings. The molecule has 2 N–H and O–H groups in total. The van der Waals surface area contributed by atoms with Gasteiger partial charge in [-0.3, -0.25) is 0 Å². The van der Waals surface area contributed by atoms with Crippen LogP contribution in [0.1, 0.15) is 5.56 Å². The number of hydrogen-bond acceptors (Lipinski definition) is 4. The Morgan fingerprint density at radius 1 is 1.47 bits per heavy atom. The predicted molar refractivity (Wildman–Crippen MR) is 61.7 cm³/mol. The molecule has 5 heteroatoms. The monoisotopic (exact) mass is 235 g/mol. The van der Waals surface area contributed by atoms with Crippen molar-refractivity contribution in [1.29, 1.82) is 5.26 Å². The summed E-state index contributed by atoms with van der Waals surface area (Å²) in [5.74, 6) is 0. The summed E-state index contributed by atoms with van der Waals surface area (Å²) in [5, 5.41) is 11.0. The molecule has 0 amide bonds. The average Bonchev–Trinajstić information content (AvgIpc) is 2.74. The number of nitrogen functional groups attached to an aromatic ring is 1. The second-order valence-electron chi connectivity index (χ2n) is 2.92. The van der Waals surface area contributed by atoms with E-state index in [2.05, 4.69) is 4.37 Å². The van der Waals surface area contributed by atoms with Gasteiger partial charge in [0.15, 0.2) is 0 Å². The second kappa shape index (κ2) is 3.89. The first kappa shape index (κ1) is 9.97. The van der Waals surface area contributed by atoms with Crippen LogP contribution in [-0.4, -0.2) is 4.37 Å². The van der Waals surface area contributed by atoms with E-state index in [0.29, 0.717) is 16.3 Å². The Hall–Kier alpha value is -1.57. The molecule has 0 aliphatic rings. The molecule has 0 saturated carbocycles. The SMILES string of the molecule is N#Cc1cc(N)c(-c2ccsn2)cc1Cl. The van der Waals surface area contributed by atoms with E-state index in [4.69, 9.17) is 22.6 Å². The number of nitriles is 1. The summed E-state index contributed by atoms with van der Waals surface area (Å²) in [7, 11) is 0. The molecule has 74 valence electrons. The van der Waals surface area contributed by atoms with Crippen LogP contribution in [0.2, 0.25) is 5.02 Å². The molecule has 15 heavy (non-hydrogen) atoms. The van der Waals surface area contributed by atoms with E-state index in [0.717, 1.165) is 11.3 Å². The fourth-order valence-electron chi connectivity index (χ4n) is 1.25. The predicted octanol–water partition coefficient (Wildman–Crippen LogP) is 2.92. The number of benzene rings is 1. The zero-order valence-electron chi connectivity index (χ0n) is 7.57. The van der Waals surface area contributed by atoms with E-state index >= 15 is 0 Å². The summed E-state index contributed by atoms with van der Waals surface area (Å²) in [4.78, 5) is 0. The Kier molecular flexibility index (Phi) is 2.58. The molecule has 0 aliphatic heterocycles. The minimum absolute atomic E-state index is 0.383. The van der Waals surface area contributed by atoms with Crippen LogP contribution < -0.4 is 5.73 Å². The molecular formula is C10H6ClN3S.